The average molecular weight is 238 g/mol. The van der Waals surface area contributed by atoms with E-state index < -0.39 is 0 Å². The maximum atomic E-state index is 6.20. The van der Waals surface area contributed by atoms with Crippen LogP contribution in [-0.4, -0.2) is 53.6 Å². The van der Waals surface area contributed by atoms with Gasteiger partial charge in [-0.05, 0) is 26.0 Å². The Morgan fingerprint density at radius 1 is 1.59 bits per heavy atom. The van der Waals surface area contributed by atoms with Crippen molar-refractivity contribution in [3.63, 3.8) is 0 Å². The van der Waals surface area contributed by atoms with Crippen molar-refractivity contribution in [1.82, 2.24) is 14.7 Å². The molecule has 2 N–H and O–H groups in total. The molecule has 2 atom stereocenters. The molecule has 96 valence electrons. The van der Waals surface area contributed by atoms with Crippen LogP contribution in [-0.2, 0) is 18.2 Å². The molecule has 17 heavy (non-hydrogen) atoms. The third kappa shape index (κ3) is 3.28. The Morgan fingerprint density at radius 2 is 2.41 bits per heavy atom. The second-order valence-corrected chi connectivity index (χ2v) is 4.82. The highest BCUT2D eigenvalue weighted by atomic mass is 16.5. The predicted octanol–water partition coefficient (Wildman–Crippen LogP) is 0.0106. The Balaban J connectivity index is 1.80. The van der Waals surface area contributed by atoms with E-state index in [1.165, 1.54) is 5.69 Å². The quantitative estimate of drug-likeness (QED) is 0.803. The van der Waals surface area contributed by atoms with E-state index >= 15 is 0 Å². The monoisotopic (exact) mass is 238 g/mol. The molecule has 1 saturated heterocycles. The van der Waals surface area contributed by atoms with Gasteiger partial charge in [-0.25, -0.2) is 0 Å². The van der Waals surface area contributed by atoms with E-state index in [0.717, 1.165) is 32.5 Å². The highest BCUT2D eigenvalue weighted by Gasteiger charge is 2.23. The number of aromatic nitrogens is 2. The Morgan fingerprint density at radius 3 is 3.06 bits per heavy atom. The van der Waals surface area contributed by atoms with Crippen LogP contribution in [0.4, 0.5) is 0 Å². The van der Waals surface area contributed by atoms with Gasteiger partial charge >= 0.3 is 0 Å². The molecule has 1 aliphatic heterocycles. The number of nitrogens with two attached hydrogens (primary N) is 1. The molecule has 1 aromatic heterocycles. The highest BCUT2D eigenvalue weighted by molar-refractivity contribution is 5.00. The average Bonchev–Trinajstić information content (AvgIpc) is 2.72. The minimum absolute atomic E-state index is 0.104. The van der Waals surface area contributed by atoms with Crippen LogP contribution in [0.2, 0.25) is 0 Å². The van der Waals surface area contributed by atoms with E-state index in [2.05, 4.69) is 17.0 Å². The van der Waals surface area contributed by atoms with Crippen LogP contribution < -0.4 is 5.73 Å². The Kier molecular flexibility index (Phi) is 4.15. The van der Waals surface area contributed by atoms with Crippen molar-refractivity contribution in [2.45, 2.75) is 25.0 Å². The summed E-state index contributed by atoms with van der Waals surface area (Å²) in [6.45, 7) is 2.73. The number of nitrogens with zero attached hydrogens (tertiary/aromatic N) is 3. The van der Waals surface area contributed by atoms with Crippen molar-refractivity contribution < 1.29 is 4.74 Å². The molecule has 5 nitrogen and oxygen atoms in total. The molecule has 0 radical (unpaired) electrons. The normalized spacial score (nSPS) is 23.8. The zero-order valence-electron chi connectivity index (χ0n) is 10.7. The van der Waals surface area contributed by atoms with Crippen molar-refractivity contribution in [3.05, 3.63) is 18.0 Å². The summed E-state index contributed by atoms with van der Waals surface area (Å²) in [5.74, 6) is 0. The molecule has 2 heterocycles. The first kappa shape index (κ1) is 12.5. The summed E-state index contributed by atoms with van der Waals surface area (Å²) >= 11 is 0. The summed E-state index contributed by atoms with van der Waals surface area (Å²) in [6.07, 6.45) is 3.90. The summed E-state index contributed by atoms with van der Waals surface area (Å²) < 4.78 is 7.62. The van der Waals surface area contributed by atoms with Gasteiger partial charge < -0.3 is 15.4 Å². The van der Waals surface area contributed by atoms with Gasteiger partial charge in [0.1, 0.15) is 0 Å². The number of hydrogen-bond donors (Lipinski definition) is 1. The van der Waals surface area contributed by atoms with Gasteiger partial charge in [-0.1, -0.05) is 0 Å². The summed E-state index contributed by atoms with van der Waals surface area (Å²) in [5, 5.41) is 4.16. The number of ether oxygens (including phenoxy) is 1. The molecule has 1 aliphatic rings. The fourth-order valence-electron chi connectivity index (χ4n) is 2.22. The first-order chi connectivity index (χ1) is 8.16. The minimum Gasteiger partial charge on any atom is -0.374 e. The topological polar surface area (TPSA) is 56.3 Å². The first-order valence-corrected chi connectivity index (χ1v) is 6.19. The van der Waals surface area contributed by atoms with Gasteiger partial charge in [0, 0.05) is 38.1 Å². The smallest absolute Gasteiger partial charge is 0.0853 e. The molecule has 2 unspecified atom stereocenters. The van der Waals surface area contributed by atoms with Gasteiger partial charge in [0.15, 0.2) is 0 Å². The van der Waals surface area contributed by atoms with Gasteiger partial charge in [-0.15, -0.1) is 0 Å². The largest absolute Gasteiger partial charge is 0.374 e. The van der Waals surface area contributed by atoms with Crippen molar-refractivity contribution in [3.8, 4) is 0 Å². The van der Waals surface area contributed by atoms with E-state index in [4.69, 9.17) is 10.5 Å². The Hall–Kier alpha value is -0.910. The van der Waals surface area contributed by atoms with Crippen molar-refractivity contribution >= 4 is 0 Å². The lowest BCUT2D eigenvalue weighted by molar-refractivity contribution is -0.0332. The van der Waals surface area contributed by atoms with Crippen LogP contribution in [0.3, 0.4) is 0 Å². The first-order valence-electron chi connectivity index (χ1n) is 6.19. The lowest BCUT2D eigenvalue weighted by Crippen LogP contribution is -2.49. The molecule has 1 fully saturated rings. The zero-order chi connectivity index (χ0) is 12.3. The maximum Gasteiger partial charge on any atom is 0.0853 e. The molecule has 5 heteroatoms. The highest BCUT2D eigenvalue weighted by Crippen LogP contribution is 2.11. The molecule has 0 aliphatic carbocycles. The van der Waals surface area contributed by atoms with Gasteiger partial charge in [0.25, 0.3) is 0 Å². The molecule has 0 spiro atoms. The van der Waals surface area contributed by atoms with E-state index in [1.54, 1.807) is 0 Å². The van der Waals surface area contributed by atoms with E-state index in [1.807, 2.05) is 24.0 Å². The number of aryl methyl sites for hydroxylation is 2. The summed E-state index contributed by atoms with van der Waals surface area (Å²) in [7, 11) is 4.08. The Bertz CT molecular complexity index is 352. The van der Waals surface area contributed by atoms with E-state index in [9.17, 15) is 0 Å². The van der Waals surface area contributed by atoms with Crippen LogP contribution in [0.1, 0.15) is 12.1 Å². The van der Waals surface area contributed by atoms with E-state index in [0.29, 0.717) is 0 Å². The molecule has 0 amide bonds. The molecule has 0 bridgehead atoms. The second-order valence-electron chi connectivity index (χ2n) is 4.82. The lowest BCUT2D eigenvalue weighted by Gasteiger charge is -2.33. The molecular formula is C12H22N4O. The van der Waals surface area contributed by atoms with E-state index in [-0.39, 0.29) is 12.1 Å². The van der Waals surface area contributed by atoms with Crippen molar-refractivity contribution in [1.29, 1.82) is 0 Å². The van der Waals surface area contributed by atoms with Crippen molar-refractivity contribution in [2.75, 3.05) is 26.7 Å². The number of rotatable bonds is 4. The van der Waals surface area contributed by atoms with Crippen molar-refractivity contribution in [2.24, 2.45) is 12.8 Å². The third-order valence-corrected chi connectivity index (χ3v) is 3.43. The number of hydrogen-bond acceptors (Lipinski definition) is 4. The summed E-state index contributed by atoms with van der Waals surface area (Å²) in [5.41, 5.74) is 7.42. The van der Waals surface area contributed by atoms with Crippen LogP contribution in [0, 0.1) is 0 Å². The number of morpholine rings is 1. The van der Waals surface area contributed by atoms with Crippen LogP contribution in [0.5, 0.6) is 0 Å². The fraction of sp³-hybridized carbons (Fsp3) is 0.750. The fourth-order valence-corrected chi connectivity index (χ4v) is 2.22. The second kappa shape index (κ2) is 5.62. The zero-order valence-corrected chi connectivity index (χ0v) is 10.7. The molecule has 2 rings (SSSR count). The van der Waals surface area contributed by atoms with Crippen LogP contribution in [0.15, 0.2) is 12.3 Å². The van der Waals surface area contributed by atoms with Gasteiger partial charge in [0.05, 0.1) is 12.7 Å². The van der Waals surface area contributed by atoms with Gasteiger partial charge in [-0.2, -0.15) is 5.10 Å². The van der Waals surface area contributed by atoms with Gasteiger partial charge in [-0.3, -0.25) is 4.68 Å². The summed E-state index contributed by atoms with van der Waals surface area (Å²) in [6, 6.07) is 2.15. The predicted molar refractivity (Wildman–Crippen MR) is 66.7 cm³/mol. The van der Waals surface area contributed by atoms with Crippen LogP contribution >= 0.6 is 0 Å². The third-order valence-electron chi connectivity index (χ3n) is 3.43. The van der Waals surface area contributed by atoms with Gasteiger partial charge in [0.2, 0.25) is 0 Å². The molecular weight excluding hydrogens is 216 g/mol. The number of likely N-dealkylation sites (N-methyl/N-ethyl adjacent to an activating group) is 1. The molecule has 0 aromatic carbocycles. The SMILES string of the molecule is CN1CCOC(C(N)CCc2ccnn2C)C1. The maximum absolute atomic E-state index is 6.20. The summed E-state index contributed by atoms with van der Waals surface area (Å²) in [4.78, 5) is 2.28. The Labute approximate surface area is 103 Å². The lowest BCUT2D eigenvalue weighted by atomic mass is 10.0. The molecule has 1 aromatic rings. The standard InChI is InChI=1S/C12H22N4O/c1-15-7-8-17-12(9-15)11(13)4-3-10-5-6-14-16(10)2/h5-6,11-12H,3-4,7-9,13H2,1-2H3. The molecule has 0 saturated carbocycles. The minimum atomic E-state index is 0.104. The van der Waals surface area contributed by atoms with Crippen LogP contribution in [0.25, 0.3) is 0 Å².